The van der Waals surface area contributed by atoms with E-state index in [4.69, 9.17) is 4.74 Å². The summed E-state index contributed by atoms with van der Waals surface area (Å²) in [7, 11) is 0. The third kappa shape index (κ3) is 2.65. The van der Waals surface area contributed by atoms with Crippen LogP contribution in [0.2, 0.25) is 0 Å². The largest absolute Gasteiger partial charge is 0.352 e. The highest BCUT2D eigenvalue weighted by Gasteiger charge is 2.62. The fourth-order valence-corrected chi connectivity index (χ4v) is 4.22. The maximum absolute atomic E-state index is 12.9. The highest BCUT2D eigenvalue weighted by atomic mass is 19.1. The summed E-state index contributed by atoms with van der Waals surface area (Å²) in [5, 5.41) is 2.67. The van der Waals surface area contributed by atoms with E-state index in [0.717, 1.165) is 0 Å². The maximum atomic E-state index is 12.9. The number of carbonyl (C=O) groups excluding carboxylic acids is 3. The number of carbonyl (C=O) groups is 3. The van der Waals surface area contributed by atoms with Gasteiger partial charge in [-0.1, -0.05) is 0 Å². The third-order valence-electron chi connectivity index (χ3n) is 5.45. The number of halogens is 1. The molecular formula is C18H20FN3O4. The van der Waals surface area contributed by atoms with E-state index in [1.165, 1.54) is 24.3 Å². The van der Waals surface area contributed by atoms with Crippen molar-refractivity contribution in [1.82, 2.24) is 15.1 Å². The predicted octanol–water partition coefficient (Wildman–Crippen LogP) is 0.505. The van der Waals surface area contributed by atoms with Crippen molar-refractivity contribution in [3.05, 3.63) is 35.6 Å². The molecule has 26 heavy (non-hydrogen) atoms. The normalized spacial score (nSPS) is 26.8. The van der Waals surface area contributed by atoms with Gasteiger partial charge in [0.1, 0.15) is 5.82 Å². The van der Waals surface area contributed by atoms with Gasteiger partial charge >= 0.3 is 0 Å². The third-order valence-corrected chi connectivity index (χ3v) is 5.45. The van der Waals surface area contributed by atoms with Crippen LogP contribution in [0, 0.1) is 5.82 Å². The van der Waals surface area contributed by atoms with Crippen molar-refractivity contribution in [3.8, 4) is 0 Å². The van der Waals surface area contributed by atoms with Crippen molar-refractivity contribution in [1.29, 1.82) is 0 Å². The number of ether oxygens (including phenoxy) is 1. The van der Waals surface area contributed by atoms with E-state index >= 15 is 0 Å². The van der Waals surface area contributed by atoms with Crippen LogP contribution >= 0.6 is 0 Å². The SMILES string of the molecule is O=C(NCCC(=O)N1CC[C@@]23OCCN2C(=O)C[C@@H]13)c1ccc(F)cc1. The molecule has 7 nitrogen and oxygen atoms in total. The van der Waals surface area contributed by atoms with Gasteiger partial charge in [0, 0.05) is 38.0 Å². The predicted molar refractivity (Wildman–Crippen MR) is 88.5 cm³/mol. The smallest absolute Gasteiger partial charge is 0.251 e. The van der Waals surface area contributed by atoms with Crippen LogP contribution in [0.25, 0.3) is 0 Å². The Kier molecular flexibility index (Phi) is 4.14. The van der Waals surface area contributed by atoms with Crippen LogP contribution in [-0.2, 0) is 14.3 Å². The van der Waals surface area contributed by atoms with E-state index < -0.39 is 11.5 Å². The van der Waals surface area contributed by atoms with Crippen LogP contribution in [0.15, 0.2) is 24.3 Å². The van der Waals surface area contributed by atoms with E-state index in [1.807, 2.05) is 0 Å². The first-order valence-corrected chi connectivity index (χ1v) is 8.79. The molecule has 2 atom stereocenters. The van der Waals surface area contributed by atoms with Crippen LogP contribution < -0.4 is 5.32 Å². The van der Waals surface area contributed by atoms with Gasteiger partial charge in [-0.25, -0.2) is 4.39 Å². The Balaban J connectivity index is 1.32. The van der Waals surface area contributed by atoms with Gasteiger partial charge in [-0.15, -0.1) is 0 Å². The number of hydrogen-bond acceptors (Lipinski definition) is 4. The second-order valence-electron chi connectivity index (χ2n) is 6.81. The lowest BCUT2D eigenvalue weighted by atomic mass is 10.1. The first-order valence-electron chi connectivity index (χ1n) is 8.79. The Bertz CT molecular complexity index is 753. The van der Waals surface area contributed by atoms with Crippen LogP contribution in [-0.4, -0.2) is 65.5 Å². The summed E-state index contributed by atoms with van der Waals surface area (Å²) in [4.78, 5) is 40.2. The first-order chi connectivity index (χ1) is 12.5. The molecule has 0 bridgehead atoms. The molecule has 1 spiro atoms. The van der Waals surface area contributed by atoms with Gasteiger partial charge in [0.25, 0.3) is 5.91 Å². The van der Waals surface area contributed by atoms with E-state index in [-0.39, 0.29) is 36.7 Å². The number of nitrogens with zero attached hydrogens (tertiary/aromatic N) is 2. The molecule has 0 aliphatic carbocycles. The van der Waals surface area contributed by atoms with E-state index in [0.29, 0.717) is 38.1 Å². The molecule has 8 heteroatoms. The van der Waals surface area contributed by atoms with Crippen molar-refractivity contribution in [2.75, 3.05) is 26.2 Å². The number of rotatable bonds is 4. The lowest BCUT2D eigenvalue weighted by Gasteiger charge is -2.31. The van der Waals surface area contributed by atoms with Crippen LogP contribution in [0.3, 0.4) is 0 Å². The molecule has 3 aliphatic rings. The Morgan fingerprint density at radius 1 is 1.27 bits per heavy atom. The fourth-order valence-electron chi connectivity index (χ4n) is 4.22. The van der Waals surface area contributed by atoms with Crippen LogP contribution in [0.4, 0.5) is 4.39 Å². The van der Waals surface area contributed by atoms with Crippen molar-refractivity contribution in [3.63, 3.8) is 0 Å². The zero-order valence-corrected chi connectivity index (χ0v) is 14.2. The molecule has 0 unspecified atom stereocenters. The molecule has 3 aliphatic heterocycles. The molecular weight excluding hydrogens is 341 g/mol. The fraction of sp³-hybridized carbons (Fsp3) is 0.500. The molecule has 0 aromatic heterocycles. The average Bonchev–Trinajstić information content (AvgIpc) is 3.26. The topological polar surface area (TPSA) is 79.0 Å². The summed E-state index contributed by atoms with van der Waals surface area (Å²) in [6.07, 6.45) is 1.08. The average molecular weight is 361 g/mol. The lowest BCUT2D eigenvalue weighted by Crippen LogP contribution is -2.49. The molecule has 0 radical (unpaired) electrons. The second-order valence-corrected chi connectivity index (χ2v) is 6.81. The Labute approximate surface area is 150 Å². The molecule has 1 aromatic carbocycles. The minimum atomic E-state index is -0.635. The molecule has 3 heterocycles. The highest BCUT2D eigenvalue weighted by molar-refractivity contribution is 5.94. The summed E-state index contributed by atoms with van der Waals surface area (Å²) in [5.41, 5.74) is -0.292. The van der Waals surface area contributed by atoms with E-state index in [2.05, 4.69) is 5.32 Å². The van der Waals surface area contributed by atoms with Crippen molar-refractivity contribution in [2.24, 2.45) is 0 Å². The van der Waals surface area contributed by atoms with Crippen LogP contribution in [0.5, 0.6) is 0 Å². The quantitative estimate of drug-likeness (QED) is 0.847. The summed E-state index contributed by atoms with van der Waals surface area (Å²) in [5.74, 6) is -0.822. The lowest BCUT2D eigenvalue weighted by molar-refractivity contribution is -0.139. The number of likely N-dealkylation sites (tertiary alicyclic amines) is 1. The number of amides is 3. The Morgan fingerprint density at radius 2 is 2.04 bits per heavy atom. The monoisotopic (exact) mass is 361 g/mol. The first kappa shape index (κ1) is 17.0. The molecule has 0 saturated carbocycles. The standard InChI is InChI=1S/C18H20FN3O4/c19-13-3-1-12(2-4-13)17(25)20-7-5-15(23)21-8-6-18-14(21)11-16(24)22(18)9-10-26-18/h1-4,14H,5-11H2,(H,20,25)/t14-,18+/m1/s1. The van der Waals surface area contributed by atoms with Gasteiger partial charge in [-0.3, -0.25) is 14.4 Å². The number of nitrogens with one attached hydrogen (secondary N) is 1. The summed E-state index contributed by atoms with van der Waals surface area (Å²) in [6.45, 7) is 1.84. The summed E-state index contributed by atoms with van der Waals surface area (Å²) >= 11 is 0. The zero-order valence-electron chi connectivity index (χ0n) is 14.2. The Hall–Kier alpha value is -2.48. The highest BCUT2D eigenvalue weighted by Crippen LogP contribution is 2.45. The van der Waals surface area contributed by atoms with E-state index in [1.54, 1.807) is 9.80 Å². The maximum Gasteiger partial charge on any atom is 0.251 e. The molecule has 3 amide bonds. The number of hydrogen-bond donors (Lipinski definition) is 1. The minimum Gasteiger partial charge on any atom is -0.352 e. The van der Waals surface area contributed by atoms with Crippen molar-refractivity contribution in [2.45, 2.75) is 31.0 Å². The summed E-state index contributed by atoms with van der Waals surface area (Å²) in [6, 6.07) is 4.99. The molecule has 4 rings (SSSR count). The van der Waals surface area contributed by atoms with Gasteiger partial charge < -0.3 is 19.9 Å². The van der Waals surface area contributed by atoms with Crippen molar-refractivity contribution < 1.29 is 23.5 Å². The second kappa shape index (κ2) is 6.35. The molecule has 3 fully saturated rings. The molecule has 1 aromatic rings. The molecule has 138 valence electrons. The van der Waals surface area contributed by atoms with Crippen molar-refractivity contribution >= 4 is 17.7 Å². The summed E-state index contributed by atoms with van der Waals surface area (Å²) < 4.78 is 18.7. The van der Waals surface area contributed by atoms with Gasteiger partial charge in [0.2, 0.25) is 11.8 Å². The van der Waals surface area contributed by atoms with Gasteiger partial charge in [-0.2, -0.15) is 0 Å². The minimum absolute atomic E-state index is 0.0367. The van der Waals surface area contributed by atoms with Gasteiger partial charge in [-0.05, 0) is 24.3 Å². The van der Waals surface area contributed by atoms with Gasteiger partial charge in [0.15, 0.2) is 5.72 Å². The van der Waals surface area contributed by atoms with E-state index in [9.17, 15) is 18.8 Å². The van der Waals surface area contributed by atoms with Crippen LogP contribution in [0.1, 0.15) is 29.6 Å². The Morgan fingerprint density at radius 3 is 2.81 bits per heavy atom. The van der Waals surface area contributed by atoms with Gasteiger partial charge in [0.05, 0.1) is 19.1 Å². The number of benzene rings is 1. The molecule has 3 saturated heterocycles. The molecule has 1 N–H and O–H groups in total. The zero-order chi connectivity index (χ0) is 18.3.